The van der Waals surface area contributed by atoms with Crippen LogP contribution in [0.5, 0.6) is 0 Å². The van der Waals surface area contributed by atoms with Crippen molar-refractivity contribution in [2.75, 3.05) is 6.54 Å². The van der Waals surface area contributed by atoms with Crippen LogP contribution in [0.4, 0.5) is 5.69 Å². The van der Waals surface area contributed by atoms with E-state index < -0.39 is 21.0 Å². The zero-order valence-electron chi connectivity index (χ0n) is 10.8. The summed E-state index contributed by atoms with van der Waals surface area (Å²) < 4.78 is 26.8. The number of halogens is 2. The van der Waals surface area contributed by atoms with E-state index >= 15 is 0 Å². The molecule has 0 aliphatic carbocycles. The molecular formula is C10H15BrClN3O4S. The SMILES string of the molecule is Cc1c(Br)cc(S(=O)(=O)N[C@@H](C)CN)cc1[N+](=O)[O-].Cl. The van der Waals surface area contributed by atoms with Gasteiger partial charge in [-0.05, 0) is 19.9 Å². The highest BCUT2D eigenvalue weighted by atomic mass is 79.9. The minimum absolute atomic E-state index is 0. The van der Waals surface area contributed by atoms with Crippen LogP contribution in [0.25, 0.3) is 0 Å². The van der Waals surface area contributed by atoms with Gasteiger partial charge in [0, 0.05) is 28.7 Å². The van der Waals surface area contributed by atoms with Gasteiger partial charge in [-0.3, -0.25) is 10.1 Å². The van der Waals surface area contributed by atoms with Crippen molar-refractivity contribution in [2.24, 2.45) is 5.73 Å². The van der Waals surface area contributed by atoms with Gasteiger partial charge in [0.25, 0.3) is 5.69 Å². The molecule has 7 nitrogen and oxygen atoms in total. The monoisotopic (exact) mass is 387 g/mol. The van der Waals surface area contributed by atoms with Gasteiger partial charge in [0.05, 0.1) is 9.82 Å². The predicted octanol–water partition coefficient (Wildman–Crippen LogP) is 1.71. The van der Waals surface area contributed by atoms with Crippen molar-refractivity contribution in [3.63, 3.8) is 0 Å². The minimum atomic E-state index is -3.83. The first-order chi connectivity index (χ1) is 8.69. The second kappa shape index (κ2) is 7.32. The Morgan fingerprint density at radius 3 is 2.50 bits per heavy atom. The van der Waals surface area contributed by atoms with Crippen molar-refractivity contribution in [2.45, 2.75) is 24.8 Å². The molecule has 10 heteroatoms. The van der Waals surface area contributed by atoms with Crippen LogP contribution < -0.4 is 10.5 Å². The van der Waals surface area contributed by atoms with E-state index in [0.29, 0.717) is 10.0 Å². The number of hydrogen-bond acceptors (Lipinski definition) is 5. The van der Waals surface area contributed by atoms with Gasteiger partial charge in [-0.1, -0.05) is 15.9 Å². The van der Waals surface area contributed by atoms with Gasteiger partial charge in [-0.15, -0.1) is 12.4 Å². The first kappa shape index (κ1) is 19.3. The molecule has 20 heavy (non-hydrogen) atoms. The molecule has 0 aromatic heterocycles. The maximum atomic E-state index is 12.0. The van der Waals surface area contributed by atoms with Crippen molar-refractivity contribution in [1.29, 1.82) is 0 Å². The number of nitro groups is 1. The van der Waals surface area contributed by atoms with Gasteiger partial charge in [0.1, 0.15) is 0 Å². The lowest BCUT2D eigenvalue weighted by Crippen LogP contribution is -2.37. The lowest BCUT2D eigenvalue weighted by molar-refractivity contribution is -0.385. The molecule has 0 unspecified atom stereocenters. The Balaban J connectivity index is 0.00000361. The van der Waals surface area contributed by atoms with Gasteiger partial charge < -0.3 is 5.73 Å². The van der Waals surface area contributed by atoms with Crippen molar-refractivity contribution < 1.29 is 13.3 Å². The molecule has 0 heterocycles. The van der Waals surface area contributed by atoms with Crippen molar-refractivity contribution in [1.82, 2.24) is 4.72 Å². The smallest absolute Gasteiger partial charge is 0.274 e. The highest BCUT2D eigenvalue weighted by Gasteiger charge is 2.23. The molecule has 114 valence electrons. The third kappa shape index (κ3) is 4.38. The van der Waals surface area contributed by atoms with Gasteiger partial charge in [-0.25, -0.2) is 13.1 Å². The number of nitrogens with one attached hydrogen (secondary N) is 1. The Morgan fingerprint density at radius 2 is 2.05 bits per heavy atom. The molecule has 1 rings (SSSR count). The molecule has 0 bridgehead atoms. The van der Waals surface area contributed by atoms with Crippen LogP contribution >= 0.6 is 28.3 Å². The highest BCUT2D eigenvalue weighted by Crippen LogP contribution is 2.29. The molecule has 0 amide bonds. The minimum Gasteiger partial charge on any atom is -0.329 e. The molecule has 0 saturated heterocycles. The summed E-state index contributed by atoms with van der Waals surface area (Å²) in [6, 6.07) is 1.91. The van der Waals surface area contributed by atoms with E-state index in [4.69, 9.17) is 5.73 Å². The number of hydrogen-bond donors (Lipinski definition) is 2. The fourth-order valence-electron chi connectivity index (χ4n) is 1.37. The first-order valence-corrected chi connectivity index (χ1v) is 7.63. The number of nitrogens with zero attached hydrogens (tertiary/aromatic N) is 1. The fraction of sp³-hybridized carbons (Fsp3) is 0.400. The third-order valence-electron chi connectivity index (χ3n) is 2.51. The van der Waals surface area contributed by atoms with Crippen LogP contribution in [0.15, 0.2) is 21.5 Å². The average Bonchev–Trinajstić information content (AvgIpc) is 2.31. The van der Waals surface area contributed by atoms with Crippen LogP contribution in [0.1, 0.15) is 12.5 Å². The van der Waals surface area contributed by atoms with Crippen LogP contribution in [0, 0.1) is 17.0 Å². The number of nitrogens with two attached hydrogens (primary N) is 1. The number of benzene rings is 1. The average molecular weight is 389 g/mol. The number of rotatable bonds is 5. The van der Waals surface area contributed by atoms with Crippen molar-refractivity contribution in [3.05, 3.63) is 32.3 Å². The van der Waals surface area contributed by atoms with E-state index in [0.717, 1.165) is 6.07 Å². The highest BCUT2D eigenvalue weighted by molar-refractivity contribution is 9.10. The molecule has 3 N–H and O–H groups in total. The molecule has 0 saturated carbocycles. The summed E-state index contributed by atoms with van der Waals surface area (Å²) in [5, 5.41) is 10.9. The maximum Gasteiger partial charge on any atom is 0.274 e. The van der Waals surface area contributed by atoms with Crippen LogP contribution in [0.3, 0.4) is 0 Å². The van der Waals surface area contributed by atoms with Gasteiger partial charge in [0.2, 0.25) is 10.0 Å². The molecule has 0 radical (unpaired) electrons. The standard InChI is InChI=1S/C10H14BrN3O4S.ClH/c1-6(5-12)13-19(17,18)8-3-9(11)7(2)10(4-8)14(15)16;/h3-4,6,13H,5,12H2,1-2H3;1H/t6-;/m0./s1. The molecule has 0 fully saturated rings. The lowest BCUT2D eigenvalue weighted by Gasteiger charge is -2.12. The number of sulfonamides is 1. The Kier molecular flexibility index (Phi) is 7.05. The van der Waals surface area contributed by atoms with E-state index in [1.54, 1.807) is 6.92 Å². The largest absolute Gasteiger partial charge is 0.329 e. The summed E-state index contributed by atoms with van der Waals surface area (Å²) in [6.07, 6.45) is 0. The summed E-state index contributed by atoms with van der Waals surface area (Å²) in [7, 11) is -3.83. The predicted molar refractivity (Wildman–Crippen MR) is 81.6 cm³/mol. The van der Waals surface area contributed by atoms with Crippen LogP contribution in [-0.4, -0.2) is 25.9 Å². The Morgan fingerprint density at radius 1 is 1.50 bits per heavy atom. The van der Waals surface area contributed by atoms with E-state index in [1.165, 1.54) is 13.0 Å². The van der Waals surface area contributed by atoms with Crippen LogP contribution in [0.2, 0.25) is 0 Å². The molecule has 0 spiro atoms. The quantitative estimate of drug-likeness (QED) is 0.588. The van der Waals surface area contributed by atoms with E-state index in [9.17, 15) is 18.5 Å². The van der Waals surface area contributed by atoms with E-state index in [1.807, 2.05) is 0 Å². The summed E-state index contributed by atoms with van der Waals surface area (Å²) in [5.74, 6) is 0. The first-order valence-electron chi connectivity index (χ1n) is 5.36. The zero-order valence-corrected chi connectivity index (χ0v) is 14.0. The van der Waals surface area contributed by atoms with Gasteiger partial charge >= 0.3 is 0 Å². The second-order valence-corrected chi connectivity index (χ2v) is 6.63. The number of nitro benzene ring substituents is 1. The Bertz CT molecular complexity index is 609. The fourth-order valence-corrected chi connectivity index (χ4v) is 3.27. The molecular weight excluding hydrogens is 374 g/mol. The summed E-state index contributed by atoms with van der Waals surface area (Å²) in [4.78, 5) is 10.1. The molecule has 0 aliphatic heterocycles. The zero-order chi connectivity index (χ0) is 14.8. The lowest BCUT2D eigenvalue weighted by atomic mass is 10.2. The Hall–Kier alpha value is -0.740. The summed E-state index contributed by atoms with van der Waals surface area (Å²) in [6.45, 7) is 3.28. The summed E-state index contributed by atoms with van der Waals surface area (Å²) in [5.41, 5.74) is 5.46. The van der Waals surface area contributed by atoms with Gasteiger partial charge in [0.15, 0.2) is 0 Å². The molecule has 1 atom stereocenters. The maximum absolute atomic E-state index is 12.0. The van der Waals surface area contributed by atoms with E-state index in [-0.39, 0.29) is 29.5 Å². The second-order valence-electron chi connectivity index (χ2n) is 4.06. The van der Waals surface area contributed by atoms with E-state index in [2.05, 4.69) is 20.7 Å². The molecule has 1 aromatic rings. The molecule has 0 aliphatic rings. The third-order valence-corrected chi connectivity index (χ3v) is 4.90. The van der Waals surface area contributed by atoms with Crippen molar-refractivity contribution >= 4 is 44.0 Å². The summed E-state index contributed by atoms with van der Waals surface area (Å²) >= 11 is 3.12. The Labute approximate surface area is 131 Å². The van der Waals surface area contributed by atoms with Gasteiger partial charge in [-0.2, -0.15) is 0 Å². The normalized spacial score (nSPS) is 12.6. The molecule has 1 aromatic carbocycles. The van der Waals surface area contributed by atoms with Crippen molar-refractivity contribution in [3.8, 4) is 0 Å². The topological polar surface area (TPSA) is 115 Å². The van der Waals surface area contributed by atoms with Crippen LogP contribution in [-0.2, 0) is 10.0 Å².